The van der Waals surface area contributed by atoms with E-state index in [1.807, 2.05) is 12.1 Å². The van der Waals surface area contributed by atoms with Crippen LogP contribution in [0.5, 0.6) is 5.75 Å². The highest BCUT2D eigenvalue weighted by Gasteiger charge is 2.46. The molecule has 5 rings (SSSR count). The van der Waals surface area contributed by atoms with Crippen LogP contribution < -0.4 is 15.4 Å². The van der Waals surface area contributed by atoms with Crippen molar-refractivity contribution in [1.82, 2.24) is 5.32 Å². The second-order valence-electron chi connectivity index (χ2n) is 12.4. The summed E-state index contributed by atoms with van der Waals surface area (Å²) in [6.45, 7) is 8.19. The van der Waals surface area contributed by atoms with Gasteiger partial charge in [0, 0.05) is 47.0 Å². The van der Waals surface area contributed by atoms with Crippen molar-refractivity contribution in [1.29, 1.82) is 0 Å². The Morgan fingerprint density at radius 3 is 2.08 bits per heavy atom. The number of hydrogen-bond acceptors (Lipinski definition) is 5. The lowest BCUT2D eigenvalue weighted by Crippen LogP contribution is -2.42. The molecule has 1 heterocycles. The summed E-state index contributed by atoms with van der Waals surface area (Å²) >= 11 is 15.6. The SMILES string of the molecule is CC1(C)CC(=O)C2=C(C1)NC1=C(C(=O)CC(C)(C)C1)C2c1ccc(OCC(=O)Nc2ccc(Cl)c(Cl)c2)c(Br)c1. The van der Waals surface area contributed by atoms with Gasteiger partial charge in [0.2, 0.25) is 0 Å². The minimum Gasteiger partial charge on any atom is -0.483 e. The lowest BCUT2D eigenvalue weighted by atomic mass is 9.64. The molecule has 0 fully saturated rings. The molecule has 2 aromatic rings. The number of allylic oxidation sites excluding steroid dienone is 4. The van der Waals surface area contributed by atoms with Crippen LogP contribution in [-0.4, -0.2) is 24.1 Å². The van der Waals surface area contributed by atoms with Crippen molar-refractivity contribution in [2.24, 2.45) is 10.8 Å². The summed E-state index contributed by atoms with van der Waals surface area (Å²) in [6.07, 6.45) is 2.35. The molecule has 0 atom stereocenters. The van der Waals surface area contributed by atoms with Crippen LogP contribution in [0.25, 0.3) is 0 Å². The average molecular weight is 646 g/mol. The van der Waals surface area contributed by atoms with Crippen LogP contribution in [0.15, 0.2) is 63.4 Å². The van der Waals surface area contributed by atoms with E-state index in [0.29, 0.717) is 49.9 Å². The van der Waals surface area contributed by atoms with E-state index in [1.54, 1.807) is 24.3 Å². The van der Waals surface area contributed by atoms with Gasteiger partial charge < -0.3 is 15.4 Å². The Hall–Kier alpha value is -2.61. The molecular weight excluding hydrogens is 615 g/mol. The van der Waals surface area contributed by atoms with Crippen LogP contribution in [0.2, 0.25) is 10.0 Å². The Kier molecular flexibility index (Phi) is 7.70. The standard InChI is InChI=1S/C31H31BrCl2N2O4/c1-30(2)11-21-28(23(37)13-30)27(29-22(36-21)12-31(3,4)14-24(29)38)16-5-8-25(18(32)9-16)40-15-26(39)35-17-6-7-19(33)20(34)10-17/h5-10,27,36H,11-15H2,1-4H3,(H,35,39). The maximum absolute atomic E-state index is 13.5. The molecule has 2 N–H and O–H groups in total. The van der Waals surface area contributed by atoms with Crippen molar-refractivity contribution < 1.29 is 19.1 Å². The molecule has 0 aromatic heterocycles. The van der Waals surface area contributed by atoms with Crippen molar-refractivity contribution in [3.05, 3.63) is 79.0 Å². The van der Waals surface area contributed by atoms with Gasteiger partial charge in [-0.15, -0.1) is 0 Å². The van der Waals surface area contributed by atoms with Crippen LogP contribution in [0.1, 0.15) is 64.9 Å². The molecule has 0 bridgehead atoms. The molecular formula is C31H31BrCl2N2O4. The normalized spacial score (nSPS) is 20.1. The van der Waals surface area contributed by atoms with Gasteiger partial charge in [-0.05, 0) is 75.5 Å². The second-order valence-corrected chi connectivity index (χ2v) is 14.0. The Morgan fingerprint density at radius 2 is 1.52 bits per heavy atom. The summed E-state index contributed by atoms with van der Waals surface area (Å²) in [5.74, 6) is -0.186. The minimum atomic E-state index is -0.443. The number of Topliss-reactive ketones (excluding diaryl/α,β-unsaturated/α-hetero) is 2. The van der Waals surface area contributed by atoms with Gasteiger partial charge in [-0.3, -0.25) is 14.4 Å². The monoisotopic (exact) mass is 644 g/mol. The Balaban J connectivity index is 1.42. The molecule has 1 amide bonds. The number of hydrogen-bond donors (Lipinski definition) is 2. The third-order valence-corrected chi connectivity index (χ3v) is 8.93. The number of carbonyl (C=O) groups is 3. The van der Waals surface area contributed by atoms with E-state index in [2.05, 4.69) is 54.3 Å². The van der Waals surface area contributed by atoms with Gasteiger partial charge in [0.05, 0.1) is 14.5 Å². The fourth-order valence-electron chi connectivity index (χ4n) is 5.95. The highest BCUT2D eigenvalue weighted by atomic mass is 79.9. The van der Waals surface area contributed by atoms with Gasteiger partial charge >= 0.3 is 0 Å². The van der Waals surface area contributed by atoms with Crippen LogP contribution in [0.3, 0.4) is 0 Å². The van der Waals surface area contributed by atoms with E-state index in [0.717, 1.165) is 29.8 Å². The predicted octanol–water partition coefficient (Wildman–Crippen LogP) is 7.75. The van der Waals surface area contributed by atoms with E-state index in [9.17, 15) is 14.4 Å². The summed E-state index contributed by atoms with van der Waals surface area (Å²) < 4.78 is 6.42. The van der Waals surface area contributed by atoms with Crippen molar-refractivity contribution in [3.63, 3.8) is 0 Å². The first-order chi connectivity index (χ1) is 18.7. The number of nitrogens with one attached hydrogen (secondary N) is 2. The van der Waals surface area contributed by atoms with Crippen LogP contribution in [0, 0.1) is 10.8 Å². The van der Waals surface area contributed by atoms with Crippen molar-refractivity contribution >= 4 is 62.3 Å². The molecule has 0 unspecified atom stereocenters. The summed E-state index contributed by atoms with van der Waals surface area (Å²) in [5.41, 5.74) is 4.25. The smallest absolute Gasteiger partial charge is 0.262 e. The third-order valence-electron chi connectivity index (χ3n) is 7.57. The lowest BCUT2D eigenvalue weighted by Gasteiger charge is -2.44. The minimum absolute atomic E-state index is 0.0726. The fourth-order valence-corrected chi connectivity index (χ4v) is 6.76. The maximum atomic E-state index is 13.5. The molecule has 2 aromatic carbocycles. The molecule has 1 aliphatic heterocycles. The summed E-state index contributed by atoms with van der Waals surface area (Å²) in [4.78, 5) is 39.5. The van der Waals surface area contributed by atoms with Crippen molar-refractivity contribution in [2.75, 3.05) is 11.9 Å². The number of dihydropyridines is 1. The van der Waals surface area contributed by atoms with Crippen LogP contribution >= 0.6 is 39.1 Å². The van der Waals surface area contributed by atoms with E-state index in [-0.39, 0.29) is 34.9 Å². The Labute approximate surface area is 252 Å². The number of halogens is 3. The molecule has 0 saturated heterocycles. The molecule has 0 radical (unpaired) electrons. The van der Waals surface area contributed by atoms with E-state index in [4.69, 9.17) is 27.9 Å². The third kappa shape index (κ3) is 5.88. The lowest BCUT2D eigenvalue weighted by molar-refractivity contribution is -0.119. The van der Waals surface area contributed by atoms with E-state index < -0.39 is 5.92 Å². The molecule has 6 nitrogen and oxygen atoms in total. The molecule has 40 heavy (non-hydrogen) atoms. The fraction of sp³-hybridized carbons (Fsp3) is 0.387. The van der Waals surface area contributed by atoms with Crippen molar-refractivity contribution in [2.45, 2.75) is 59.3 Å². The van der Waals surface area contributed by atoms with E-state index in [1.165, 1.54) is 0 Å². The first-order valence-corrected chi connectivity index (χ1v) is 14.7. The zero-order valence-electron chi connectivity index (χ0n) is 22.8. The van der Waals surface area contributed by atoms with Gasteiger partial charge in [-0.25, -0.2) is 0 Å². The number of anilines is 1. The van der Waals surface area contributed by atoms with Gasteiger partial charge in [-0.2, -0.15) is 0 Å². The topological polar surface area (TPSA) is 84.5 Å². The summed E-state index contributed by atoms with van der Waals surface area (Å²) in [7, 11) is 0. The number of ketones is 2. The van der Waals surface area contributed by atoms with Crippen molar-refractivity contribution in [3.8, 4) is 5.75 Å². The zero-order chi connectivity index (χ0) is 29.0. The second kappa shape index (κ2) is 10.7. The average Bonchev–Trinajstić information content (AvgIpc) is 2.82. The molecule has 0 spiro atoms. The highest BCUT2D eigenvalue weighted by molar-refractivity contribution is 9.10. The van der Waals surface area contributed by atoms with Gasteiger partial charge in [0.15, 0.2) is 18.2 Å². The number of benzene rings is 2. The number of carbonyl (C=O) groups excluding carboxylic acids is 3. The zero-order valence-corrected chi connectivity index (χ0v) is 25.9. The number of amides is 1. The summed E-state index contributed by atoms with van der Waals surface area (Å²) in [6, 6.07) is 10.4. The Bertz CT molecular complexity index is 1460. The largest absolute Gasteiger partial charge is 0.483 e. The van der Waals surface area contributed by atoms with Gasteiger partial charge in [0.1, 0.15) is 5.75 Å². The maximum Gasteiger partial charge on any atom is 0.262 e. The number of rotatable bonds is 5. The molecule has 9 heteroatoms. The predicted molar refractivity (Wildman–Crippen MR) is 161 cm³/mol. The van der Waals surface area contributed by atoms with Gasteiger partial charge in [-0.1, -0.05) is 57.0 Å². The molecule has 0 saturated carbocycles. The first-order valence-electron chi connectivity index (χ1n) is 13.2. The Morgan fingerprint density at radius 1 is 0.925 bits per heavy atom. The van der Waals surface area contributed by atoms with E-state index >= 15 is 0 Å². The molecule has 210 valence electrons. The highest BCUT2D eigenvalue weighted by Crippen LogP contribution is 2.51. The molecule has 2 aliphatic carbocycles. The molecule has 3 aliphatic rings. The first kappa shape index (κ1) is 28.9. The number of ether oxygens (including phenoxy) is 1. The van der Waals surface area contributed by atoms with Gasteiger partial charge in [0.25, 0.3) is 5.91 Å². The van der Waals surface area contributed by atoms with Crippen LogP contribution in [-0.2, 0) is 14.4 Å². The quantitative estimate of drug-likeness (QED) is 0.347. The summed E-state index contributed by atoms with van der Waals surface area (Å²) in [5, 5.41) is 7.01. The van der Waals surface area contributed by atoms with Crippen LogP contribution in [0.4, 0.5) is 5.69 Å².